The Hall–Kier alpha value is -0.530. The van der Waals surface area contributed by atoms with Gasteiger partial charge in [-0.05, 0) is 0 Å². The van der Waals surface area contributed by atoms with E-state index in [1.165, 1.54) is 18.0 Å². The van der Waals surface area contributed by atoms with E-state index >= 15 is 0 Å². The van der Waals surface area contributed by atoms with E-state index in [0.717, 1.165) is 0 Å². The van der Waals surface area contributed by atoms with E-state index in [1.807, 2.05) is 0 Å². The Morgan fingerprint density at radius 3 is 2.73 bits per heavy atom. The Bertz CT molecular complexity index is 429. The van der Waals surface area contributed by atoms with Gasteiger partial charge in [0, 0.05) is 18.1 Å². The molecule has 0 radical (unpaired) electrons. The fourth-order valence-corrected chi connectivity index (χ4v) is 3.15. The van der Waals surface area contributed by atoms with E-state index < -0.39 is 9.84 Å². The van der Waals surface area contributed by atoms with Crippen LogP contribution in [0.25, 0.3) is 0 Å². The van der Waals surface area contributed by atoms with Crippen molar-refractivity contribution in [2.24, 2.45) is 0 Å². The highest BCUT2D eigenvalue weighted by Crippen LogP contribution is 2.19. The lowest BCUT2D eigenvalue weighted by Crippen LogP contribution is -2.05. The third-order valence-electron chi connectivity index (χ3n) is 1.39. The number of thioether (sulfide) groups is 1. The number of hydrogen-bond acceptors (Lipinski definition) is 6. The average Bonchev–Trinajstić information content (AvgIpc) is 1.99. The van der Waals surface area contributed by atoms with Gasteiger partial charge in [0.05, 0.1) is 5.75 Å². The summed E-state index contributed by atoms with van der Waals surface area (Å²) in [5, 5.41) is 0.834. The maximum Gasteiger partial charge on any atom is 0.222 e. The summed E-state index contributed by atoms with van der Waals surface area (Å²) in [6, 6.07) is 1.55. The normalized spacial score (nSPS) is 11.6. The molecule has 1 heterocycles. The second-order valence-electron chi connectivity index (χ2n) is 2.87. The minimum atomic E-state index is -2.94. The van der Waals surface area contributed by atoms with Gasteiger partial charge in [0.1, 0.15) is 20.0 Å². The van der Waals surface area contributed by atoms with E-state index in [1.54, 1.807) is 6.07 Å². The lowest BCUT2D eigenvalue weighted by Gasteiger charge is -2.01. The number of nitrogens with two attached hydrogens (primary N) is 1. The summed E-state index contributed by atoms with van der Waals surface area (Å²) in [5.41, 5.74) is 5.38. The number of sulfone groups is 1. The number of nitrogen functional groups attached to an aromatic ring is 1. The van der Waals surface area contributed by atoms with Crippen LogP contribution < -0.4 is 5.73 Å². The number of halogens is 1. The molecule has 0 aliphatic rings. The Labute approximate surface area is 97.4 Å². The van der Waals surface area contributed by atoms with Crippen LogP contribution in [-0.4, -0.2) is 36.1 Å². The van der Waals surface area contributed by atoms with Crippen molar-refractivity contribution < 1.29 is 8.42 Å². The first kappa shape index (κ1) is 12.5. The zero-order chi connectivity index (χ0) is 11.5. The van der Waals surface area contributed by atoms with Crippen molar-refractivity contribution in [3.8, 4) is 0 Å². The van der Waals surface area contributed by atoms with Gasteiger partial charge in [0.2, 0.25) is 5.95 Å². The first-order chi connectivity index (χ1) is 6.87. The van der Waals surface area contributed by atoms with E-state index in [4.69, 9.17) is 17.3 Å². The molecule has 0 bridgehead atoms. The average molecular weight is 268 g/mol. The molecular weight excluding hydrogens is 258 g/mol. The quantitative estimate of drug-likeness (QED) is 0.643. The van der Waals surface area contributed by atoms with Gasteiger partial charge in [-0.15, -0.1) is 11.8 Å². The molecule has 0 spiro atoms. The highest BCUT2D eigenvalue weighted by molar-refractivity contribution is 8.00. The molecule has 8 heteroatoms. The summed E-state index contributed by atoms with van der Waals surface area (Å²) in [6.07, 6.45) is 1.19. The highest BCUT2D eigenvalue weighted by Gasteiger charge is 2.05. The van der Waals surface area contributed by atoms with Crippen LogP contribution in [0.15, 0.2) is 11.1 Å². The molecule has 2 N–H and O–H groups in total. The molecule has 0 amide bonds. The van der Waals surface area contributed by atoms with E-state index in [0.29, 0.717) is 10.8 Å². The van der Waals surface area contributed by atoms with Crippen LogP contribution in [0.1, 0.15) is 0 Å². The lowest BCUT2D eigenvalue weighted by atomic mass is 10.7. The fourth-order valence-electron chi connectivity index (χ4n) is 0.785. The zero-order valence-electron chi connectivity index (χ0n) is 7.97. The smallest absolute Gasteiger partial charge is 0.222 e. The molecule has 0 saturated heterocycles. The van der Waals surface area contributed by atoms with Gasteiger partial charge >= 0.3 is 0 Å². The van der Waals surface area contributed by atoms with Crippen molar-refractivity contribution in [3.63, 3.8) is 0 Å². The molecule has 84 valence electrons. The Kier molecular flexibility index (Phi) is 4.18. The molecule has 0 aromatic carbocycles. The molecule has 0 fully saturated rings. The van der Waals surface area contributed by atoms with E-state index in [-0.39, 0.29) is 16.9 Å². The first-order valence-electron chi connectivity index (χ1n) is 3.97. The topological polar surface area (TPSA) is 85.9 Å². The van der Waals surface area contributed by atoms with Crippen LogP contribution in [0.2, 0.25) is 5.15 Å². The number of rotatable bonds is 4. The van der Waals surface area contributed by atoms with Gasteiger partial charge in [0.25, 0.3) is 0 Å². The largest absolute Gasteiger partial charge is 0.368 e. The zero-order valence-corrected chi connectivity index (χ0v) is 10.4. The van der Waals surface area contributed by atoms with Crippen molar-refractivity contribution in [3.05, 3.63) is 11.2 Å². The summed E-state index contributed by atoms with van der Waals surface area (Å²) < 4.78 is 21.7. The van der Waals surface area contributed by atoms with Crippen LogP contribution in [0.3, 0.4) is 0 Å². The Morgan fingerprint density at radius 2 is 2.20 bits per heavy atom. The Balaban J connectivity index is 2.58. The van der Waals surface area contributed by atoms with E-state index in [2.05, 4.69) is 9.97 Å². The molecule has 5 nitrogen and oxygen atoms in total. The number of nitrogens with zero attached hydrogens (tertiary/aromatic N) is 2. The molecule has 0 unspecified atom stereocenters. The molecule has 15 heavy (non-hydrogen) atoms. The van der Waals surface area contributed by atoms with Crippen molar-refractivity contribution in [1.82, 2.24) is 9.97 Å². The second kappa shape index (κ2) is 5.00. The predicted octanol–water partition coefficient (Wildman–Crippen LogP) is 0.849. The molecule has 0 atom stereocenters. The summed E-state index contributed by atoms with van der Waals surface area (Å²) in [7, 11) is -2.94. The summed E-state index contributed by atoms with van der Waals surface area (Å²) in [4.78, 5) is 7.60. The fraction of sp³-hybridized carbons (Fsp3) is 0.429. The van der Waals surface area contributed by atoms with Crippen molar-refractivity contribution in [1.29, 1.82) is 0 Å². The first-order valence-corrected chi connectivity index (χ1v) is 7.40. The van der Waals surface area contributed by atoms with Crippen LogP contribution in [0, 0.1) is 0 Å². The van der Waals surface area contributed by atoms with Crippen molar-refractivity contribution in [2.45, 2.75) is 5.03 Å². The van der Waals surface area contributed by atoms with Crippen LogP contribution in [-0.2, 0) is 9.84 Å². The van der Waals surface area contributed by atoms with Gasteiger partial charge in [-0.1, -0.05) is 11.6 Å². The summed E-state index contributed by atoms with van der Waals surface area (Å²) in [6.45, 7) is 0. The van der Waals surface area contributed by atoms with Gasteiger partial charge in [0.15, 0.2) is 0 Å². The van der Waals surface area contributed by atoms with E-state index in [9.17, 15) is 8.42 Å². The van der Waals surface area contributed by atoms with Crippen LogP contribution >= 0.6 is 23.4 Å². The van der Waals surface area contributed by atoms with Crippen molar-refractivity contribution >= 4 is 39.1 Å². The van der Waals surface area contributed by atoms with Crippen molar-refractivity contribution in [2.75, 3.05) is 23.5 Å². The number of anilines is 1. The predicted molar refractivity (Wildman–Crippen MR) is 61.9 cm³/mol. The van der Waals surface area contributed by atoms with Gasteiger partial charge in [-0.25, -0.2) is 18.4 Å². The molecule has 0 saturated carbocycles. The molecule has 1 rings (SSSR count). The minimum Gasteiger partial charge on any atom is -0.368 e. The molecule has 0 aliphatic carbocycles. The molecule has 1 aromatic heterocycles. The maximum absolute atomic E-state index is 10.9. The maximum atomic E-state index is 10.9. The third kappa shape index (κ3) is 5.19. The Morgan fingerprint density at radius 1 is 1.53 bits per heavy atom. The standard InChI is InChI=1S/C7H10ClN3O2S2/c1-15(12,13)3-2-14-6-4-5(8)10-7(9)11-6/h4H,2-3H2,1H3,(H2,9,10,11). The number of hydrogen-bond donors (Lipinski definition) is 1. The van der Waals surface area contributed by atoms with Crippen LogP contribution in [0.4, 0.5) is 5.95 Å². The van der Waals surface area contributed by atoms with Gasteiger partial charge in [-0.2, -0.15) is 0 Å². The molecule has 1 aromatic rings. The third-order valence-corrected chi connectivity index (χ3v) is 3.70. The van der Waals surface area contributed by atoms with Gasteiger partial charge < -0.3 is 5.73 Å². The monoisotopic (exact) mass is 267 g/mol. The minimum absolute atomic E-state index is 0.0874. The highest BCUT2D eigenvalue weighted by atomic mass is 35.5. The summed E-state index contributed by atoms with van der Waals surface area (Å²) >= 11 is 6.94. The SMILES string of the molecule is CS(=O)(=O)CCSc1cc(Cl)nc(N)n1. The number of aromatic nitrogens is 2. The summed E-state index contributed by atoms with van der Waals surface area (Å²) in [5.74, 6) is 0.606. The van der Waals surface area contributed by atoms with Gasteiger partial charge in [-0.3, -0.25) is 0 Å². The lowest BCUT2D eigenvalue weighted by molar-refractivity contribution is 0.603. The second-order valence-corrected chi connectivity index (χ2v) is 6.63. The van der Waals surface area contributed by atoms with Crippen LogP contribution in [0.5, 0.6) is 0 Å². The molecular formula is C7H10ClN3O2S2. The molecule has 0 aliphatic heterocycles.